The largest absolute Gasteiger partial charge is 0.481 e. The number of carbonyl (C=O) groups excluding carboxylic acids is 3. The molecular formula is C15H18ClNO6. The van der Waals surface area contributed by atoms with Crippen LogP contribution in [0.25, 0.3) is 0 Å². The third kappa shape index (κ3) is 6.15. The summed E-state index contributed by atoms with van der Waals surface area (Å²) in [5.74, 6) is -1.52. The van der Waals surface area contributed by atoms with Gasteiger partial charge in [-0.3, -0.25) is 9.59 Å². The van der Waals surface area contributed by atoms with E-state index in [1.54, 1.807) is 24.3 Å². The van der Waals surface area contributed by atoms with Crippen molar-refractivity contribution in [3.05, 3.63) is 29.3 Å². The van der Waals surface area contributed by atoms with E-state index >= 15 is 0 Å². The fraction of sp³-hybridized carbons (Fsp3) is 0.400. The lowest BCUT2D eigenvalue weighted by Crippen LogP contribution is -2.47. The van der Waals surface area contributed by atoms with E-state index in [0.717, 1.165) is 7.11 Å². The molecule has 2 unspecified atom stereocenters. The Kier molecular flexibility index (Phi) is 7.34. The zero-order valence-corrected chi connectivity index (χ0v) is 13.8. The van der Waals surface area contributed by atoms with E-state index in [2.05, 4.69) is 14.8 Å². The predicted molar refractivity (Wildman–Crippen MR) is 82.1 cm³/mol. The lowest BCUT2D eigenvalue weighted by molar-refractivity contribution is -0.151. The minimum absolute atomic E-state index is 0.331. The van der Waals surface area contributed by atoms with E-state index in [4.69, 9.17) is 16.3 Å². The van der Waals surface area contributed by atoms with Crippen LogP contribution in [-0.4, -0.2) is 44.2 Å². The number of hydrogen-bond donors (Lipinski definition) is 1. The van der Waals surface area contributed by atoms with Gasteiger partial charge in [0.25, 0.3) is 5.91 Å². The summed E-state index contributed by atoms with van der Waals surface area (Å²) in [4.78, 5) is 35.0. The van der Waals surface area contributed by atoms with Crippen LogP contribution < -0.4 is 10.1 Å². The minimum Gasteiger partial charge on any atom is -0.481 e. The number of amides is 1. The number of ether oxygens (including phenoxy) is 3. The van der Waals surface area contributed by atoms with Gasteiger partial charge in [-0.1, -0.05) is 11.6 Å². The number of esters is 2. The molecule has 0 aliphatic rings. The Morgan fingerprint density at radius 2 is 1.74 bits per heavy atom. The molecule has 1 aromatic rings. The van der Waals surface area contributed by atoms with Crippen LogP contribution in [0.1, 0.15) is 13.3 Å². The summed E-state index contributed by atoms with van der Waals surface area (Å²) >= 11 is 5.76. The highest BCUT2D eigenvalue weighted by Gasteiger charge is 2.27. The molecule has 0 aromatic heterocycles. The lowest BCUT2D eigenvalue weighted by Gasteiger charge is -2.19. The molecular weight excluding hydrogens is 326 g/mol. The fourth-order valence-electron chi connectivity index (χ4n) is 1.65. The van der Waals surface area contributed by atoms with E-state index in [-0.39, 0.29) is 6.42 Å². The van der Waals surface area contributed by atoms with Gasteiger partial charge in [0.15, 0.2) is 6.10 Å². The van der Waals surface area contributed by atoms with Crippen LogP contribution in [0.4, 0.5) is 0 Å². The van der Waals surface area contributed by atoms with Crippen molar-refractivity contribution in [3.63, 3.8) is 0 Å². The van der Waals surface area contributed by atoms with Crippen molar-refractivity contribution in [2.24, 2.45) is 0 Å². The summed E-state index contributed by atoms with van der Waals surface area (Å²) in [5, 5.41) is 2.94. The molecule has 23 heavy (non-hydrogen) atoms. The average molecular weight is 344 g/mol. The summed E-state index contributed by atoms with van der Waals surface area (Å²) in [5.41, 5.74) is 0. The highest BCUT2D eigenvalue weighted by molar-refractivity contribution is 6.30. The Labute approximate surface area is 138 Å². The number of hydrogen-bond acceptors (Lipinski definition) is 6. The van der Waals surface area contributed by atoms with Crippen molar-refractivity contribution in [1.29, 1.82) is 0 Å². The van der Waals surface area contributed by atoms with Crippen LogP contribution in [0, 0.1) is 0 Å². The number of methoxy groups -OCH3 is 2. The number of carbonyl (C=O) groups is 3. The molecule has 1 N–H and O–H groups in total. The molecule has 0 saturated carbocycles. The number of rotatable bonds is 7. The van der Waals surface area contributed by atoms with E-state index in [0.29, 0.717) is 10.8 Å². The van der Waals surface area contributed by atoms with Crippen molar-refractivity contribution in [2.75, 3.05) is 14.2 Å². The fourth-order valence-corrected chi connectivity index (χ4v) is 1.77. The molecule has 2 atom stereocenters. The molecule has 8 heteroatoms. The van der Waals surface area contributed by atoms with Gasteiger partial charge in [-0.25, -0.2) is 4.79 Å². The second-order valence-corrected chi connectivity index (χ2v) is 5.02. The van der Waals surface area contributed by atoms with Crippen molar-refractivity contribution >= 4 is 29.4 Å². The number of halogens is 1. The van der Waals surface area contributed by atoms with Gasteiger partial charge in [-0.15, -0.1) is 0 Å². The Bertz CT molecular complexity index is 560. The van der Waals surface area contributed by atoms with E-state index in [1.165, 1.54) is 14.0 Å². The highest BCUT2D eigenvalue weighted by Crippen LogP contribution is 2.16. The summed E-state index contributed by atoms with van der Waals surface area (Å²) in [7, 11) is 2.34. The zero-order valence-electron chi connectivity index (χ0n) is 13.0. The van der Waals surface area contributed by atoms with Gasteiger partial charge < -0.3 is 19.5 Å². The van der Waals surface area contributed by atoms with Gasteiger partial charge in [0.1, 0.15) is 11.8 Å². The average Bonchev–Trinajstić information content (AvgIpc) is 2.55. The molecule has 0 bridgehead atoms. The third-order valence-corrected chi connectivity index (χ3v) is 3.15. The van der Waals surface area contributed by atoms with Crippen LogP contribution in [0.15, 0.2) is 24.3 Å². The smallest absolute Gasteiger partial charge is 0.328 e. The lowest BCUT2D eigenvalue weighted by atomic mass is 10.2. The minimum atomic E-state index is -1.14. The Morgan fingerprint density at radius 1 is 1.13 bits per heavy atom. The van der Waals surface area contributed by atoms with E-state index < -0.39 is 30.0 Å². The van der Waals surface area contributed by atoms with Gasteiger partial charge in [0, 0.05) is 5.02 Å². The van der Waals surface area contributed by atoms with Crippen molar-refractivity contribution < 1.29 is 28.6 Å². The standard InChI is InChI=1S/C15H18ClNO6/c1-9(23-11-6-4-10(16)5-7-11)14(19)17-12(15(20)22-3)8-13(18)21-2/h4-7,9,12H,8H2,1-3H3,(H,17,19). The maximum atomic E-state index is 12.1. The number of nitrogens with one attached hydrogen (secondary N) is 1. The van der Waals surface area contributed by atoms with Crippen molar-refractivity contribution in [1.82, 2.24) is 5.32 Å². The molecule has 0 fully saturated rings. The molecule has 0 radical (unpaired) electrons. The molecule has 7 nitrogen and oxygen atoms in total. The molecule has 0 saturated heterocycles. The quantitative estimate of drug-likeness (QED) is 0.751. The monoisotopic (exact) mass is 343 g/mol. The Balaban J connectivity index is 2.67. The highest BCUT2D eigenvalue weighted by atomic mass is 35.5. The number of benzene rings is 1. The molecule has 1 rings (SSSR count). The predicted octanol–water partition coefficient (Wildman–Crippen LogP) is 1.33. The van der Waals surface area contributed by atoms with Gasteiger partial charge in [0.2, 0.25) is 0 Å². The first-order chi connectivity index (χ1) is 10.9. The first-order valence-corrected chi connectivity index (χ1v) is 7.12. The van der Waals surface area contributed by atoms with Crippen molar-refractivity contribution in [3.8, 4) is 5.75 Å². The normalized spacial score (nSPS) is 12.7. The molecule has 1 aromatic carbocycles. The SMILES string of the molecule is COC(=O)CC(NC(=O)C(C)Oc1ccc(Cl)cc1)C(=O)OC. The third-order valence-electron chi connectivity index (χ3n) is 2.90. The van der Waals surface area contributed by atoms with Crippen LogP contribution in [0.3, 0.4) is 0 Å². The summed E-state index contributed by atoms with van der Waals surface area (Å²) < 4.78 is 14.5. The maximum Gasteiger partial charge on any atom is 0.328 e. The Hall–Kier alpha value is -2.28. The van der Waals surface area contributed by atoms with Crippen LogP contribution in [0.2, 0.25) is 5.02 Å². The molecule has 0 aliphatic heterocycles. The van der Waals surface area contributed by atoms with E-state index in [1.807, 2.05) is 0 Å². The van der Waals surface area contributed by atoms with Gasteiger partial charge in [0.05, 0.1) is 20.6 Å². The molecule has 126 valence electrons. The summed E-state index contributed by atoms with van der Waals surface area (Å²) in [6.45, 7) is 1.51. The van der Waals surface area contributed by atoms with Gasteiger partial charge >= 0.3 is 11.9 Å². The van der Waals surface area contributed by atoms with Crippen LogP contribution in [-0.2, 0) is 23.9 Å². The second-order valence-electron chi connectivity index (χ2n) is 4.58. The second kappa shape index (κ2) is 8.99. The van der Waals surface area contributed by atoms with Crippen molar-refractivity contribution in [2.45, 2.75) is 25.5 Å². The molecule has 0 heterocycles. The maximum absolute atomic E-state index is 12.1. The molecule has 0 spiro atoms. The first-order valence-electron chi connectivity index (χ1n) is 6.74. The van der Waals surface area contributed by atoms with Crippen LogP contribution >= 0.6 is 11.6 Å². The first kappa shape index (κ1) is 18.8. The van der Waals surface area contributed by atoms with Crippen LogP contribution in [0.5, 0.6) is 5.75 Å². The summed E-state index contributed by atoms with van der Waals surface area (Å²) in [6.07, 6.45) is -1.22. The molecule has 0 aliphatic carbocycles. The van der Waals surface area contributed by atoms with Gasteiger partial charge in [-0.05, 0) is 31.2 Å². The van der Waals surface area contributed by atoms with Gasteiger partial charge in [-0.2, -0.15) is 0 Å². The summed E-state index contributed by atoms with van der Waals surface area (Å²) in [6, 6.07) is 5.32. The topological polar surface area (TPSA) is 90.9 Å². The zero-order chi connectivity index (χ0) is 17.4. The Morgan fingerprint density at radius 3 is 2.26 bits per heavy atom. The van der Waals surface area contributed by atoms with E-state index in [9.17, 15) is 14.4 Å². The molecule has 1 amide bonds.